The fourth-order valence-electron chi connectivity index (χ4n) is 4.30. The van der Waals surface area contributed by atoms with Crippen molar-refractivity contribution < 1.29 is 4.79 Å². The number of benzene rings is 1. The van der Waals surface area contributed by atoms with Crippen LogP contribution < -0.4 is 5.73 Å². The van der Waals surface area contributed by atoms with Crippen LogP contribution in [0.15, 0.2) is 29.8 Å². The molecule has 0 aliphatic heterocycles. The molecule has 18 heavy (non-hydrogen) atoms. The summed E-state index contributed by atoms with van der Waals surface area (Å²) in [6.45, 7) is 0. The largest absolute Gasteiger partial charge is 0.399 e. The molecule has 2 heteroatoms. The average Bonchev–Trinajstić information content (AvgIpc) is 2.96. The van der Waals surface area contributed by atoms with Crippen LogP contribution >= 0.6 is 0 Å². The lowest BCUT2D eigenvalue weighted by Crippen LogP contribution is -2.43. The zero-order chi connectivity index (χ0) is 12.3. The van der Waals surface area contributed by atoms with Crippen LogP contribution in [0.5, 0.6) is 0 Å². The number of fused-ring (bicyclic) bond motifs is 5. The Kier molecular flexibility index (Phi) is 1.87. The molecule has 1 aromatic rings. The molecule has 0 saturated heterocycles. The van der Waals surface area contributed by atoms with Crippen LogP contribution in [-0.4, -0.2) is 5.78 Å². The zero-order valence-corrected chi connectivity index (χ0v) is 10.4. The second kappa shape index (κ2) is 3.25. The van der Waals surface area contributed by atoms with Gasteiger partial charge in [0.1, 0.15) is 5.78 Å². The molecule has 92 valence electrons. The van der Waals surface area contributed by atoms with Gasteiger partial charge in [-0.2, -0.15) is 0 Å². The average molecular weight is 239 g/mol. The molecular formula is C16H17NO. The Morgan fingerprint density at radius 1 is 1.28 bits per heavy atom. The number of allylic oxidation sites excluding steroid dienone is 2. The Morgan fingerprint density at radius 2 is 2.17 bits per heavy atom. The van der Waals surface area contributed by atoms with E-state index in [0.29, 0.717) is 18.1 Å². The minimum atomic E-state index is -0.215. The standard InChI is InChI=1S/C16H17NO/c17-13-5-2-11-3-6-15(18)16(14(11)8-13)9-10-1-4-12(16)7-10/h1-2,5,8,12H,3-4,6-7,9,17H2. The van der Waals surface area contributed by atoms with Crippen molar-refractivity contribution in [1.29, 1.82) is 0 Å². The van der Waals surface area contributed by atoms with Gasteiger partial charge in [0.25, 0.3) is 0 Å². The maximum atomic E-state index is 12.6. The summed E-state index contributed by atoms with van der Waals surface area (Å²) in [6, 6.07) is 6.15. The topological polar surface area (TPSA) is 43.1 Å². The van der Waals surface area contributed by atoms with Gasteiger partial charge in [0, 0.05) is 12.1 Å². The molecule has 2 bridgehead atoms. The number of carbonyl (C=O) groups excluding carboxylic acids is 1. The second-order valence-corrected chi connectivity index (χ2v) is 5.99. The molecule has 0 heterocycles. The van der Waals surface area contributed by atoms with Crippen LogP contribution in [0.1, 0.15) is 36.8 Å². The first-order valence-corrected chi connectivity index (χ1v) is 6.80. The number of aryl methyl sites for hydroxylation is 1. The Balaban J connectivity index is 1.96. The summed E-state index contributed by atoms with van der Waals surface area (Å²) in [7, 11) is 0. The molecule has 2 nitrogen and oxygen atoms in total. The highest BCUT2D eigenvalue weighted by Crippen LogP contribution is 2.57. The van der Waals surface area contributed by atoms with Crippen molar-refractivity contribution in [2.75, 3.05) is 5.73 Å². The molecule has 1 aromatic carbocycles. The van der Waals surface area contributed by atoms with Crippen molar-refractivity contribution in [1.82, 2.24) is 0 Å². The van der Waals surface area contributed by atoms with E-state index < -0.39 is 0 Å². The van der Waals surface area contributed by atoms with Crippen LogP contribution in [0.3, 0.4) is 0 Å². The van der Waals surface area contributed by atoms with Crippen LogP contribution in [0.25, 0.3) is 0 Å². The zero-order valence-electron chi connectivity index (χ0n) is 10.4. The van der Waals surface area contributed by atoms with Crippen molar-refractivity contribution in [3.8, 4) is 0 Å². The predicted octanol–water partition coefficient (Wildman–Crippen LogP) is 2.76. The van der Waals surface area contributed by atoms with E-state index in [1.807, 2.05) is 6.07 Å². The summed E-state index contributed by atoms with van der Waals surface area (Å²) >= 11 is 0. The highest BCUT2D eigenvalue weighted by atomic mass is 16.1. The van der Waals surface area contributed by atoms with Gasteiger partial charge in [0.05, 0.1) is 5.41 Å². The van der Waals surface area contributed by atoms with Gasteiger partial charge in [-0.3, -0.25) is 4.79 Å². The molecule has 0 amide bonds. The van der Waals surface area contributed by atoms with E-state index in [1.54, 1.807) is 0 Å². The summed E-state index contributed by atoms with van der Waals surface area (Å²) in [4.78, 5) is 12.6. The number of rotatable bonds is 0. The van der Waals surface area contributed by atoms with Crippen molar-refractivity contribution in [2.45, 2.75) is 37.5 Å². The van der Waals surface area contributed by atoms with Gasteiger partial charge in [-0.15, -0.1) is 0 Å². The maximum Gasteiger partial charge on any atom is 0.144 e. The number of hydrogen-bond donors (Lipinski definition) is 1. The number of nitrogens with two attached hydrogens (primary N) is 1. The monoisotopic (exact) mass is 239 g/mol. The van der Waals surface area contributed by atoms with Crippen molar-refractivity contribution in [3.63, 3.8) is 0 Å². The molecule has 0 radical (unpaired) electrons. The van der Waals surface area contributed by atoms with Gasteiger partial charge in [-0.05, 0) is 54.9 Å². The van der Waals surface area contributed by atoms with E-state index in [1.165, 1.54) is 16.7 Å². The maximum absolute atomic E-state index is 12.6. The van der Waals surface area contributed by atoms with Gasteiger partial charge in [-0.25, -0.2) is 0 Å². The van der Waals surface area contributed by atoms with Gasteiger partial charge in [0.15, 0.2) is 0 Å². The first-order chi connectivity index (χ1) is 8.70. The number of ketones is 1. The van der Waals surface area contributed by atoms with Gasteiger partial charge in [-0.1, -0.05) is 17.7 Å². The molecule has 4 rings (SSSR count). The fourth-order valence-corrected chi connectivity index (χ4v) is 4.30. The van der Waals surface area contributed by atoms with E-state index in [2.05, 4.69) is 18.2 Å². The number of anilines is 1. The Hall–Kier alpha value is -1.57. The third kappa shape index (κ3) is 1.11. The lowest BCUT2D eigenvalue weighted by atomic mass is 9.62. The highest BCUT2D eigenvalue weighted by molar-refractivity contribution is 5.94. The Bertz CT molecular complexity index is 587. The lowest BCUT2D eigenvalue weighted by Gasteiger charge is -2.40. The van der Waals surface area contributed by atoms with E-state index in [-0.39, 0.29) is 5.41 Å². The lowest BCUT2D eigenvalue weighted by molar-refractivity contribution is -0.126. The van der Waals surface area contributed by atoms with Gasteiger partial charge in [0.2, 0.25) is 0 Å². The fraction of sp³-hybridized carbons (Fsp3) is 0.438. The molecule has 2 N–H and O–H groups in total. The first-order valence-electron chi connectivity index (χ1n) is 6.80. The molecule has 3 aliphatic carbocycles. The summed E-state index contributed by atoms with van der Waals surface area (Å²) in [5.41, 5.74) is 10.6. The Morgan fingerprint density at radius 3 is 2.89 bits per heavy atom. The van der Waals surface area contributed by atoms with E-state index in [4.69, 9.17) is 5.73 Å². The summed E-state index contributed by atoms with van der Waals surface area (Å²) < 4.78 is 0. The summed E-state index contributed by atoms with van der Waals surface area (Å²) in [5, 5.41) is 0. The molecule has 3 aliphatic rings. The highest BCUT2D eigenvalue weighted by Gasteiger charge is 2.54. The minimum absolute atomic E-state index is 0.215. The van der Waals surface area contributed by atoms with E-state index in [9.17, 15) is 4.79 Å². The molecule has 1 spiro atoms. The molecular weight excluding hydrogens is 222 g/mol. The van der Waals surface area contributed by atoms with Crippen LogP contribution in [0, 0.1) is 5.92 Å². The number of carbonyl (C=O) groups is 1. The van der Waals surface area contributed by atoms with Crippen molar-refractivity contribution in [3.05, 3.63) is 41.0 Å². The first kappa shape index (κ1) is 10.4. The Labute approximate surface area is 107 Å². The predicted molar refractivity (Wildman–Crippen MR) is 71.3 cm³/mol. The number of nitrogen functional groups attached to an aromatic ring is 1. The van der Waals surface area contributed by atoms with Crippen molar-refractivity contribution in [2.24, 2.45) is 5.92 Å². The van der Waals surface area contributed by atoms with Crippen LogP contribution in [-0.2, 0) is 16.6 Å². The SMILES string of the molecule is Nc1ccc2c(c1)C1(CC3=CCC1C3)C(=O)CC2. The molecule has 2 atom stereocenters. The number of Topliss-reactive ketones (excluding diaryl/α,β-unsaturated/α-hetero) is 1. The smallest absolute Gasteiger partial charge is 0.144 e. The minimum Gasteiger partial charge on any atom is -0.399 e. The quantitative estimate of drug-likeness (QED) is 0.559. The molecule has 1 fully saturated rings. The van der Waals surface area contributed by atoms with Crippen LogP contribution in [0.2, 0.25) is 0 Å². The molecule has 1 saturated carbocycles. The van der Waals surface area contributed by atoms with E-state index >= 15 is 0 Å². The van der Waals surface area contributed by atoms with Gasteiger partial charge < -0.3 is 5.73 Å². The summed E-state index contributed by atoms with van der Waals surface area (Å²) in [5.74, 6) is 0.953. The molecule has 2 unspecified atom stereocenters. The van der Waals surface area contributed by atoms with Crippen molar-refractivity contribution >= 4 is 11.5 Å². The van der Waals surface area contributed by atoms with Gasteiger partial charge >= 0.3 is 0 Å². The third-order valence-corrected chi connectivity index (χ3v) is 5.14. The molecule has 0 aromatic heterocycles. The second-order valence-electron chi connectivity index (χ2n) is 5.99. The number of hydrogen-bond acceptors (Lipinski definition) is 2. The summed E-state index contributed by atoms with van der Waals surface area (Å²) in [6.07, 6.45) is 7.09. The van der Waals surface area contributed by atoms with E-state index in [0.717, 1.165) is 31.4 Å². The van der Waals surface area contributed by atoms with Crippen LogP contribution in [0.4, 0.5) is 5.69 Å². The third-order valence-electron chi connectivity index (χ3n) is 5.14. The normalized spacial score (nSPS) is 32.8.